The van der Waals surface area contributed by atoms with Crippen LogP contribution in [-0.2, 0) is 0 Å². The van der Waals surface area contributed by atoms with Gasteiger partial charge in [0.05, 0.1) is 0 Å². The van der Waals surface area contributed by atoms with Crippen LogP contribution in [0, 0.1) is 17.7 Å². The number of rotatable bonds is 3. The van der Waals surface area contributed by atoms with E-state index in [0.717, 1.165) is 12.3 Å². The number of phenolic OH excluding ortho intramolecular Hbond substituents is 1. The first kappa shape index (κ1) is 14.3. The Hall–Kier alpha value is -1.09. The summed E-state index contributed by atoms with van der Waals surface area (Å²) in [7, 11) is 0. The molecule has 0 radical (unpaired) electrons. The van der Waals surface area contributed by atoms with Crippen LogP contribution in [0.15, 0.2) is 18.2 Å². The Balaban J connectivity index is 2.02. The van der Waals surface area contributed by atoms with Crippen LogP contribution in [0.1, 0.15) is 51.6 Å². The molecule has 0 saturated heterocycles. The second-order valence-electron chi connectivity index (χ2n) is 6.10. The molecule has 4 unspecified atom stereocenters. The highest BCUT2D eigenvalue weighted by molar-refractivity contribution is 5.29. The number of aromatic hydroxyl groups is 1. The molecule has 4 atom stereocenters. The van der Waals surface area contributed by atoms with E-state index in [1.165, 1.54) is 18.9 Å². The predicted octanol–water partition coefficient (Wildman–Crippen LogP) is 4.01. The number of halogens is 1. The van der Waals surface area contributed by atoms with Gasteiger partial charge in [-0.05, 0) is 44.1 Å². The zero-order valence-electron chi connectivity index (χ0n) is 12.0. The summed E-state index contributed by atoms with van der Waals surface area (Å²) in [6.07, 6.45) is 3.64. The van der Waals surface area contributed by atoms with Gasteiger partial charge in [-0.25, -0.2) is 4.39 Å². The molecule has 0 bridgehead atoms. The zero-order valence-corrected chi connectivity index (χ0v) is 12.0. The maximum Gasteiger partial charge on any atom is 0.131 e. The lowest BCUT2D eigenvalue weighted by Gasteiger charge is -2.35. The molecule has 0 aromatic heterocycles. The molecule has 1 aliphatic rings. The Kier molecular flexibility index (Phi) is 4.46. The summed E-state index contributed by atoms with van der Waals surface area (Å²) in [5.41, 5.74) is 0.628. The Labute approximate surface area is 115 Å². The van der Waals surface area contributed by atoms with Gasteiger partial charge in [-0.15, -0.1) is 0 Å². The van der Waals surface area contributed by atoms with Gasteiger partial charge in [-0.1, -0.05) is 19.9 Å². The molecule has 0 aliphatic heterocycles. The van der Waals surface area contributed by atoms with Crippen molar-refractivity contribution in [3.8, 4) is 5.75 Å². The monoisotopic (exact) mass is 265 g/mol. The van der Waals surface area contributed by atoms with Crippen LogP contribution in [0.4, 0.5) is 4.39 Å². The molecule has 1 aromatic rings. The van der Waals surface area contributed by atoms with Crippen molar-refractivity contribution < 1.29 is 9.50 Å². The van der Waals surface area contributed by atoms with Gasteiger partial charge in [0.2, 0.25) is 0 Å². The molecule has 2 N–H and O–H groups in total. The van der Waals surface area contributed by atoms with Gasteiger partial charge in [0.1, 0.15) is 11.6 Å². The van der Waals surface area contributed by atoms with Crippen LogP contribution in [0.5, 0.6) is 5.75 Å². The van der Waals surface area contributed by atoms with Crippen LogP contribution in [0.2, 0.25) is 0 Å². The highest BCUT2D eigenvalue weighted by Gasteiger charge is 2.26. The van der Waals surface area contributed by atoms with E-state index >= 15 is 0 Å². The first-order valence-electron chi connectivity index (χ1n) is 7.22. The minimum absolute atomic E-state index is 0.0201. The minimum atomic E-state index is -0.336. The van der Waals surface area contributed by atoms with Gasteiger partial charge >= 0.3 is 0 Å². The van der Waals surface area contributed by atoms with Crippen molar-refractivity contribution in [3.63, 3.8) is 0 Å². The van der Waals surface area contributed by atoms with E-state index < -0.39 is 0 Å². The van der Waals surface area contributed by atoms with E-state index in [4.69, 9.17) is 0 Å². The normalized spacial score (nSPS) is 29.2. The summed E-state index contributed by atoms with van der Waals surface area (Å²) < 4.78 is 13.8. The predicted molar refractivity (Wildman–Crippen MR) is 75.6 cm³/mol. The minimum Gasteiger partial charge on any atom is -0.508 e. The van der Waals surface area contributed by atoms with Crippen molar-refractivity contribution in [1.29, 1.82) is 0 Å². The summed E-state index contributed by atoms with van der Waals surface area (Å²) in [4.78, 5) is 0. The molecule has 3 heteroatoms. The van der Waals surface area contributed by atoms with E-state index in [-0.39, 0.29) is 17.6 Å². The van der Waals surface area contributed by atoms with Gasteiger partial charge in [-0.3, -0.25) is 0 Å². The summed E-state index contributed by atoms with van der Waals surface area (Å²) in [6, 6.07) is 4.82. The van der Waals surface area contributed by atoms with Crippen molar-refractivity contribution in [3.05, 3.63) is 29.6 Å². The van der Waals surface area contributed by atoms with Crippen molar-refractivity contribution in [1.82, 2.24) is 5.32 Å². The van der Waals surface area contributed by atoms with Crippen LogP contribution in [0.25, 0.3) is 0 Å². The highest BCUT2D eigenvalue weighted by atomic mass is 19.1. The average molecular weight is 265 g/mol. The summed E-state index contributed by atoms with van der Waals surface area (Å²) in [6.45, 7) is 6.56. The third-order valence-electron chi connectivity index (χ3n) is 4.35. The van der Waals surface area contributed by atoms with Crippen molar-refractivity contribution in [2.24, 2.45) is 11.8 Å². The lowest BCUT2D eigenvalue weighted by atomic mass is 9.79. The lowest BCUT2D eigenvalue weighted by Crippen LogP contribution is -2.40. The van der Waals surface area contributed by atoms with E-state index in [2.05, 4.69) is 19.2 Å². The topological polar surface area (TPSA) is 32.3 Å². The van der Waals surface area contributed by atoms with E-state index in [1.54, 1.807) is 12.1 Å². The molecule has 0 spiro atoms. The molecular weight excluding hydrogens is 241 g/mol. The standard InChI is InChI=1S/C16H24FNO/c1-10-4-7-16(11(2)8-10)18-12(3)14-6-5-13(19)9-15(14)17/h5-6,9-12,16,18-19H,4,7-8H2,1-3H3. The quantitative estimate of drug-likeness (QED) is 0.865. The van der Waals surface area contributed by atoms with Crippen LogP contribution < -0.4 is 5.32 Å². The maximum atomic E-state index is 13.8. The summed E-state index contributed by atoms with van der Waals surface area (Å²) >= 11 is 0. The van der Waals surface area contributed by atoms with Crippen LogP contribution in [-0.4, -0.2) is 11.1 Å². The van der Waals surface area contributed by atoms with E-state index in [9.17, 15) is 9.50 Å². The fraction of sp³-hybridized carbons (Fsp3) is 0.625. The highest BCUT2D eigenvalue weighted by Crippen LogP contribution is 2.30. The van der Waals surface area contributed by atoms with Crippen molar-refractivity contribution >= 4 is 0 Å². The smallest absolute Gasteiger partial charge is 0.131 e. The number of benzene rings is 1. The van der Waals surface area contributed by atoms with Crippen LogP contribution in [0.3, 0.4) is 0 Å². The van der Waals surface area contributed by atoms with Gasteiger partial charge in [0, 0.05) is 23.7 Å². The SMILES string of the molecule is CC1CCC(NC(C)c2ccc(O)cc2F)C(C)C1. The maximum absolute atomic E-state index is 13.8. The molecule has 2 nitrogen and oxygen atoms in total. The molecule has 1 saturated carbocycles. The molecule has 1 aliphatic carbocycles. The van der Waals surface area contributed by atoms with E-state index in [0.29, 0.717) is 17.5 Å². The summed E-state index contributed by atoms with van der Waals surface area (Å²) in [5.74, 6) is 1.07. The lowest BCUT2D eigenvalue weighted by molar-refractivity contribution is 0.215. The molecule has 19 heavy (non-hydrogen) atoms. The van der Waals surface area contributed by atoms with Crippen LogP contribution >= 0.6 is 0 Å². The molecule has 1 fully saturated rings. The van der Waals surface area contributed by atoms with Gasteiger partial charge in [0.25, 0.3) is 0 Å². The number of hydrogen-bond acceptors (Lipinski definition) is 2. The van der Waals surface area contributed by atoms with Crippen molar-refractivity contribution in [2.45, 2.75) is 52.1 Å². The van der Waals surface area contributed by atoms with Crippen molar-refractivity contribution in [2.75, 3.05) is 0 Å². The molecule has 0 amide bonds. The molecular formula is C16H24FNO. The Bertz CT molecular complexity index is 435. The van der Waals surface area contributed by atoms with Gasteiger partial charge < -0.3 is 10.4 Å². The summed E-state index contributed by atoms with van der Waals surface area (Å²) in [5, 5.41) is 12.8. The van der Waals surface area contributed by atoms with Gasteiger partial charge in [-0.2, -0.15) is 0 Å². The zero-order chi connectivity index (χ0) is 14.0. The molecule has 106 valence electrons. The third kappa shape index (κ3) is 3.47. The molecule has 2 rings (SSSR count). The third-order valence-corrected chi connectivity index (χ3v) is 4.35. The Morgan fingerprint density at radius 2 is 2.05 bits per heavy atom. The average Bonchev–Trinajstić information content (AvgIpc) is 2.32. The number of nitrogens with one attached hydrogen (secondary N) is 1. The fourth-order valence-corrected chi connectivity index (χ4v) is 3.19. The van der Waals surface area contributed by atoms with Gasteiger partial charge in [0.15, 0.2) is 0 Å². The number of phenols is 1. The van der Waals surface area contributed by atoms with E-state index in [1.807, 2.05) is 6.92 Å². The number of hydrogen-bond donors (Lipinski definition) is 2. The molecule has 0 heterocycles. The largest absolute Gasteiger partial charge is 0.508 e. The second-order valence-corrected chi connectivity index (χ2v) is 6.10. The molecule has 1 aromatic carbocycles. The second kappa shape index (κ2) is 5.91. The first-order valence-corrected chi connectivity index (χ1v) is 7.22. The first-order chi connectivity index (χ1) is 8.97. The Morgan fingerprint density at radius 1 is 1.32 bits per heavy atom. The Morgan fingerprint density at radius 3 is 2.68 bits per heavy atom. The fourth-order valence-electron chi connectivity index (χ4n) is 3.19.